The van der Waals surface area contributed by atoms with Gasteiger partial charge in [0.05, 0.1) is 18.6 Å². The minimum Gasteiger partial charge on any atom is -0.495 e. The monoisotopic (exact) mass is 402 g/mol. The Hall–Kier alpha value is -1.65. The minimum atomic E-state index is -3.80. The van der Waals surface area contributed by atoms with Crippen LogP contribution in [0.3, 0.4) is 0 Å². The predicted molar refractivity (Wildman–Crippen MR) is 95.5 cm³/mol. The lowest BCUT2D eigenvalue weighted by atomic mass is 10.1. The summed E-state index contributed by atoms with van der Waals surface area (Å²) in [5.74, 6) is -0.277. The second-order valence-corrected chi connectivity index (χ2v) is 10.6. The number of ether oxygens (including phenoxy) is 1. The lowest BCUT2D eigenvalue weighted by molar-refractivity contribution is 0.0747. The normalized spacial score (nSPS) is 22.2. The van der Waals surface area contributed by atoms with Crippen molar-refractivity contribution in [1.29, 1.82) is 0 Å². The first-order valence-electron chi connectivity index (χ1n) is 8.31. The van der Waals surface area contributed by atoms with E-state index in [0.29, 0.717) is 6.42 Å². The maximum Gasteiger partial charge on any atom is 0.253 e. The van der Waals surface area contributed by atoms with Crippen LogP contribution in [0.5, 0.6) is 5.75 Å². The average molecular weight is 402 g/mol. The van der Waals surface area contributed by atoms with Gasteiger partial charge in [-0.25, -0.2) is 21.6 Å². The number of rotatable bonds is 6. The highest BCUT2D eigenvalue weighted by atomic mass is 32.2. The van der Waals surface area contributed by atoms with Crippen molar-refractivity contribution in [3.8, 4) is 5.75 Å². The molecule has 144 valence electrons. The second kappa shape index (κ2) is 6.82. The van der Waals surface area contributed by atoms with E-state index in [1.807, 2.05) is 0 Å². The first-order chi connectivity index (χ1) is 12.1. The Morgan fingerprint density at radius 3 is 2.50 bits per heavy atom. The molecule has 0 unspecified atom stereocenters. The summed E-state index contributed by atoms with van der Waals surface area (Å²) >= 11 is 0. The number of benzene rings is 1. The summed E-state index contributed by atoms with van der Waals surface area (Å²) in [6, 6.07) is 3.73. The standard InChI is InChI=1S/C16H22N2O6S2/c1-18(13-7-8-25(20,21)10-13)16(19)11-3-6-14(24-2)15(9-11)26(22,23)17-12-4-5-12/h3,6,9,12-13,17H,4-5,7-8,10H2,1-2H3/t13-/m1/s1. The van der Waals surface area contributed by atoms with Gasteiger partial charge in [0.1, 0.15) is 10.6 Å². The van der Waals surface area contributed by atoms with Gasteiger partial charge in [0.2, 0.25) is 10.0 Å². The SMILES string of the molecule is COc1ccc(C(=O)N(C)[C@@H]2CCS(=O)(=O)C2)cc1S(=O)(=O)NC1CC1. The number of carbonyl (C=O) groups is 1. The van der Waals surface area contributed by atoms with Gasteiger partial charge in [0.15, 0.2) is 9.84 Å². The highest BCUT2D eigenvalue weighted by molar-refractivity contribution is 7.91. The molecule has 2 fully saturated rings. The van der Waals surface area contributed by atoms with Crippen LogP contribution in [-0.2, 0) is 19.9 Å². The molecular formula is C16H22N2O6S2. The number of hydrogen-bond donors (Lipinski definition) is 1. The smallest absolute Gasteiger partial charge is 0.253 e. The van der Waals surface area contributed by atoms with Crippen molar-refractivity contribution >= 4 is 25.8 Å². The molecule has 10 heteroatoms. The van der Waals surface area contributed by atoms with E-state index in [0.717, 1.165) is 12.8 Å². The Bertz CT molecular complexity index is 922. The van der Waals surface area contributed by atoms with Crippen molar-refractivity contribution in [2.75, 3.05) is 25.7 Å². The summed E-state index contributed by atoms with van der Waals surface area (Å²) in [6.45, 7) is 0. The van der Waals surface area contributed by atoms with Crippen molar-refractivity contribution in [3.05, 3.63) is 23.8 Å². The fourth-order valence-electron chi connectivity index (χ4n) is 2.95. The number of nitrogens with one attached hydrogen (secondary N) is 1. The number of methoxy groups -OCH3 is 1. The van der Waals surface area contributed by atoms with Crippen LogP contribution in [0.1, 0.15) is 29.6 Å². The largest absolute Gasteiger partial charge is 0.495 e. The van der Waals surface area contributed by atoms with E-state index < -0.39 is 31.8 Å². The van der Waals surface area contributed by atoms with Crippen LogP contribution in [0.15, 0.2) is 23.1 Å². The van der Waals surface area contributed by atoms with Crippen LogP contribution in [0, 0.1) is 0 Å². The third-order valence-corrected chi connectivity index (χ3v) is 7.97. The summed E-state index contributed by atoms with van der Waals surface area (Å²) in [5, 5.41) is 0. The number of amides is 1. The lowest BCUT2D eigenvalue weighted by Gasteiger charge is -2.24. The highest BCUT2D eigenvalue weighted by Crippen LogP contribution is 2.29. The molecule has 1 aliphatic heterocycles. The summed E-state index contributed by atoms with van der Waals surface area (Å²) in [7, 11) is -4.03. The van der Waals surface area contributed by atoms with Gasteiger partial charge in [-0.15, -0.1) is 0 Å². The summed E-state index contributed by atoms with van der Waals surface area (Å²) < 4.78 is 56.1. The second-order valence-electron chi connectivity index (χ2n) is 6.73. The minimum absolute atomic E-state index is 0.0584. The van der Waals surface area contributed by atoms with Crippen LogP contribution in [-0.4, -0.2) is 65.4 Å². The Morgan fingerprint density at radius 1 is 1.27 bits per heavy atom. The van der Waals surface area contributed by atoms with Crippen LogP contribution >= 0.6 is 0 Å². The molecular weight excluding hydrogens is 380 g/mol. The zero-order valence-electron chi connectivity index (χ0n) is 14.6. The van der Waals surface area contributed by atoms with Gasteiger partial charge in [-0.1, -0.05) is 0 Å². The topological polar surface area (TPSA) is 110 Å². The van der Waals surface area contributed by atoms with Crippen LogP contribution in [0.2, 0.25) is 0 Å². The molecule has 26 heavy (non-hydrogen) atoms. The Kier molecular flexibility index (Phi) is 5.02. The van der Waals surface area contributed by atoms with E-state index in [9.17, 15) is 21.6 Å². The lowest BCUT2D eigenvalue weighted by Crippen LogP contribution is -2.38. The Morgan fingerprint density at radius 2 is 1.96 bits per heavy atom. The molecule has 1 atom stereocenters. The van der Waals surface area contributed by atoms with Gasteiger partial charge >= 0.3 is 0 Å². The van der Waals surface area contributed by atoms with Crippen LogP contribution in [0.4, 0.5) is 0 Å². The number of nitrogens with zero attached hydrogens (tertiary/aromatic N) is 1. The van der Waals surface area contributed by atoms with Gasteiger partial charge in [0, 0.05) is 24.7 Å². The molecule has 0 radical (unpaired) electrons. The zero-order chi connectivity index (χ0) is 19.1. The van der Waals surface area contributed by atoms with E-state index in [4.69, 9.17) is 4.74 Å². The third-order valence-electron chi connectivity index (χ3n) is 4.68. The predicted octanol–water partition coefficient (Wildman–Crippen LogP) is 0.395. The molecule has 1 amide bonds. The maximum atomic E-state index is 12.7. The third kappa shape index (κ3) is 4.02. The van der Waals surface area contributed by atoms with Crippen molar-refractivity contribution in [2.45, 2.75) is 36.2 Å². The van der Waals surface area contributed by atoms with Crippen molar-refractivity contribution < 1.29 is 26.4 Å². The molecule has 1 heterocycles. The summed E-state index contributed by atoms with van der Waals surface area (Å²) in [4.78, 5) is 14.0. The molecule has 0 spiro atoms. The van der Waals surface area contributed by atoms with Crippen LogP contribution in [0.25, 0.3) is 0 Å². The molecule has 3 rings (SSSR count). The van der Waals surface area contributed by atoms with Crippen molar-refractivity contribution in [1.82, 2.24) is 9.62 Å². The average Bonchev–Trinajstić information content (AvgIpc) is 3.32. The van der Waals surface area contributed by atoms with Crippen molar-refractivity contribution in [3.63, 3.8) is 0 Å². The fourth-order valence-corrected chi connectivity index (χ4v) is 6.23. The Labute approximate surface area is 153 Å². The van der Waals surface area contributed by atoms with E-state index in [2.05, 4.69) is 4.72 Å². The molecule has 0 aromatic heterocycles. The molecule has 1 aliphatic carbocycles. The number of sulfonamides is 1. The summed E-state index contributed by atoms with van der Waals surface area (Å²) in [6.07, 6.45) is 1.97. The quantitative estimate of drug-likeness (QED) is 0.737. The van der Waals surface area contributed by atoms with Crippen LogP contribution < -0.4 is 9.46 Å². The highest BCUT2D eigenvalue weighted by Gasteiger charge is 2.34. The van der Waals surface area contributed by atoms with E-state index >= 15 is 0 Å². The van der Waals surface area contributed by atoms with Gasteiger partial charge in [-0.2, -0.15) is 0 Å². The first-order valence-corrected chi connectivity index (χ1v) is 11.6. The van der Waals surface area contributed by atoms with E-state index in [1.54, 1.807) is 0 Å². The number of carbonyl (C=O) groups excluding carboxylic acids is 1. The van der Waals surface area contributed by atoms with Gasteiger partial charge in [-0.3, -0.25) is 4.79 Å². The molecule has 1 aromatic rings. The molecule has 1 saturated carbocycles. The Balaban J connectivity index is 1.88. The van der Waals surface area contributed by atoms with Gasteiger partial charge < -0.3 is 9.64 Å². The van der Waals surface area contributed by atoms with Gasteiger partial charge in [-0.05, 0) is 37.5 Å². The van der Waals surface area contributed by atoms with Gasteiger partial charge in [0.25, 0.3) is 5.91 Å². The fraction of sp³-hybridized carbons (Fsp3) is 0.562. The van der Waals surface area contributed by atoms with E-state index in [1.165, 1.54) is 37.3 Å². The van der Waals surface area contributed by atoms with Crippen molar-refractivity contribution in [2.24, 2.45) is 0 Å². The number of sulfone groups is 1. The maximum absolute atomic E-state index is 12.7. The zero-order valence-corrected chi connectivity index (χ0v) is 16.3. The molecule has 1 N–H and O–H groups in total. The number of hydrogen-bond acceptors (Lipinski definition) is 6. The van der Waals surface area contributed by atoms with E-state index in [-0.39, 0.29) is 33.8 Å². The molecule has 8 nitrogen and oxygen atoms in total. The molecule has 1 aromatic carbocycles. The summed E-state index contributed by atoms with van der Waals surface area (Å²) in [5.41, 5.74) is 0.175. The molecule has 2 aliphatic rings. The first kappa shape index (κ1) is 19.1. The molecule has 1 saturated heterocycles. The molecule has 0 bridgehead atoms.